The Bertz CT molecular complexity index is 1580. The van der Waals surface area contributed by atoms with E-state index in [1.807, 2.05) is 32.9 Å². The van der Waals surface area contributed by atoms with Crippen LogP contribution in [0.15, 0.2) is 54.6 Å². The number of hydrogen-bond donors (Lipinski definition) is 2. The second-order valence-electron chi connectivity index (χ2n) is 13.3. The van der Waals surface area contributed by atoms with Crippen LogP contribution in [0.3, 0.4) is 0 Å². The van der Waals surface area contributed by atoms with Crippen LogP contribution < -0.4 is 15.4 Å². The summed E-state index contributed by atoms with van der Waals surface area (Å²) in [5, 5.41) is 17.3. The molecule has 9 heteroatoms. The molecule has 3 aromatic rings. The summed E-state index contributed by atoms with van der Waals surface area (Å²) >= 11 is 12.3. The lowest BCUT2D eigenvalue weighted by molar-refractivity contribution is -0.118. The molecule has 1 aliphatic rings. The Morgan fingerprint density at radius 1 is 1.07 bits per heavy atom. The predicted octanol–water partition coefficient (Wildman–Crippen LogP) is 8.54. The van der Waals surface area contributed by atoms with Gasteiger partial charge in [0, 0.05) is 22.5 Å². The van der Waals surface area contributed by atoms with Crippen molar-refractivity contribution in [1.82, 2.24) is 5.32 Å². The molecule has 0 saturated carbocycles. The van der Waals surface area contributed by atoms with Gasteiger partial charge in [0.2, 0.25) is 5.91 Å². The van der Waals surface area contributed by atoms with Crippen molar-refractivity contribution in [2.75, 3.05) is 12.4 Å². The number of carbonyl (C=O) groups is 1. The summed E-state index contributed by atoms with van der Waals surface area (Å²) in [6.07, 6.45) is 0.370. The van der Waals surface area contributed by atoms with Gasteiger partial charge in [-0.25, -0.2) is 8.78 Å². The Hall–Kier alpha value is -3.18. The van der Waals surface area contributed by atoms with Crippen LogP contribution in [0, 0.1) is 28.4 Å². The summed E-state index contributed by atoms with van der Waals surface area (Å²) < 4.78 is 37.3. The van der Waals surface area contributed by atoms with Crippen molar-refractivity contribution in [3.8, 4) is 11.8 Å². The van der Waals surface area contributed by atoms with Crippen molar-refractivity contribution >= 4 is 34.8 Å². The van der Waals surface area contributed by atoms with Gasteiger partial charge in [0.25, 0.3) is 0 Å². The number of carbonyl (C=O) groups excluding carboxylic acids is 1. The Morgan fingerprint density at radius 2 is 1.77 bits per heavy atom. The van der Waals surface area contributed by atoms with E-state index in [0.29, 0.717) is 17.9 Å². The largest absolute Gasteiger partial charge is 0.495 e. The van der Waals surface area contributed by atoms with Crippen LogP contribution in [-0.2, 0) is 15.6 Å². The quantitative estimate of drug-likeness (QED) is 0.287. The zero-order valence-corrected chi connectivity index (χ0v) is 26.9. The van der Waals surface area contributed by atoms with Gasteiger partial charge in [-0.1, -0.05) is 89.0 Å². The number of benzene rings is 3. The number of ether oxygens (including phenoxy) is 1. The van der Waals surface area contributed by atoms with Gasteiger partial charge in [-0.2, -0.15) is 5.26 Å². The molecule has 0 unspecified atom stereocenters. The highest BCUT2D eigenvalue weighted by molar-refractivity contribution is 6.31. The van der Waals surface area contributed by atoms with Crippen molar-refractivity contribution in [3.05, 3.63) is 93.0 Å². The van der Waals surface area contributed by atoms with E-state index in [2.05, 4.69) is 37.5 Å². The number of hydrogen-bond acceptors (Lipinski definition) is 4. The first-order chi connectivity index (χ1) is 20.0. The molecule has 1 heterocycles. The summed E-state index contributed by atoms with van der Waals surface area (Å²) in [5.41, 5.74) is -0.755. The van der Waals surface area contributed by atoms with Crippen molar-refractivity contribution < 1.29 is 18.3 Å². The Labute approximate surface area is 262 Å². The van der Waals surface area contributed by atoms with Gasteiger partial charge in [-0.05, 0) is 58.7 Å². The van der Waals surface area contributed by atoms with E-state index in [4.69, 9.17) is 27.9 Å². The maximum Gasteiger partial charge on any atom is 0.242 e. The highest BCUT2D eigenvalue weighted by atomic mass is 35.5. The minimum absolute atomic E-state index is 0.0212. The SMILES string of the molecule is COc1cc(C(C)(C)C)ccc1NC(=O)[C@@H]1N[C@@H](CC(C)(C)C)[C@](C#N)(c2ccc(Cl)cc2F)[C@H]1c1cccc(Cl)c1F. The van der Waals surface area contributed by atoms with Crippen LogP contribution in [0.2, 0.25) is 10.0 Å². The highest BCUT2D eigenvalue weighted by Gasteiger charge is 2.61. The Morgan fingerprint density at radius 3 is 2.35 bits per heavy atom. The zero-order valence-electron chi connectivity index (χ0n) is 25.4. The smallest absolute Gasteiger partial charge is 0.242 e. The first kappa shape index (κ1) is 32.7. The van der Waals surface area contributed by atoms with Crippen LogP contribution in [0.4, 0.5) is 14.5 Å². The topological polar surface area (TPSA) is 74.2 Å². The lowest BCUT2D eigenvalue weighted by Crippen LogP contribution is -2.45. The van der Waals surface area contributed by atoms with E-state index < -0.39 is 41.0 Å². The summed E-state index contributed by atoms with van der Waals surface area (Å²) in [5.74, 6) is -2.74. The van der Waals surface area contributed by atoms with Crippen molar-refractivity contribution in [3.63, 3.8) is 0 Å². The molecule has 0 radical (unpaired) electrons. The average molecular weight is 629 g/mol. The fourth-order valence-electron chi connectivity index (χ4n) is 6.03. The second kappa shape index (κ2) is 12.1. The van der Waals surface area contributed by atoms with E-state index in [1.165, 1.54) is 31.4 Å². The van der Waals surface area contributed by atoms with Gasteiger partial charge < -0.3 is 15.4 Å². The number of nitrogens with zero attached hydrogens (tertiary/aromatic N) is 1. The first-order valence-corrected chi connectivity index (χ1v) is 14.8. The molecule has 3 aromatic carbocycles. The zero-order chi connectivity index (χ0) is 31.9. The van der Waals surface area contributed by atoms with Gasteiger partial charge >= 0.3 is 0 Å². The number of halogens is 4. The molecule has 0 aliphatic carbocycles. The molecule has 228 valence electrons. The fraction of sp³-hybridized carbons (Fsp3) is 0.412. The molecule has 0 spiro atoms. The van der Waals surface area contributed by atoms with E-state index in [9.17, 15) is 10.1 Å². The molecule has 4 atom stereocenters. The molecule has 4 rings (SSSR count). The predicted molar refractivity (Wildman–Crippen MR) is 168 cm³/mol. The van der Waals surface area contributed by atoms with Crippen LogP contribution in [0.25, 0.3) is 0 Å². The molecule has 1 saturated heterocycles. The standard InChI is InChI=1S/C34H37Cl2F2N3O2/c1-32(2,3)17-27-34(18-39,22-13-12-20(35)16-24(22)37)28(21-9-8-10-23(36)29(21)38)30(41-27)31(42)40-25-14-11-19(33(4,5)6)15-26(25)43-7/h8-16,27-28,30,41H,17H2,1-7H3,(H,40,42)/t27-,28-,30+,34-/m0/s1. The maximum atomic E-state index is 15.9. The van der Waals surface area contributed by atoms with Gasteiger partial charge in [-0.15, -0.1) is 0 Å². The second-order valence-corrected chi connectivity index (χ2v) is 14.2. The molecule has 5 nitrogen and oxygen atoms in total. The number of amides is 1. The summed E-state index contributed by atoms with van der Waals surface area (Å²) in [7, 11) is 1.51. The van der Waals surface area contributed by atoms with Gasteiger partial charge in [0.1, 0.15) is 22.8 Å². The Kier molecular flexibility index (Phi) is 9.19. The molecule has 1 aliphatic heterocycles. The monoisotopic (exact) mass is 627 g/mol. The fourth-order valence-corrected chi connectivity index (χ4v) is 6.37. The summed E-state index contributed by atoms with van der Waals surface area (Å²) in [4.78, 5) is 14.2. The van der Waals surface area contributed by atoms with E-state index in [0.717, 1.165) is 11.6 Å². The molecule has 1 amide bonds. The Balaban J connectivity index is 1.94. The summed E-state index contributed by atoms with van der Waals surface area (Å²) in [6, 6.07) is 14.5. The van der Waals surface area contributed by atoms with Crippen molar-refractivity contribution in [2.24, 2.45) is 5.41 Å². The number of methoxy groups -OCH3 is 1. The van der Waals surface area contributed by atoms with Crippen LogP contribution in [-0.4, -0.2) is 25.1 Å². The normalized spacial score (nSPS) is 22.2. The van der Waals surface area contributed by atoms with Crippen LogP contribution in [0.1, 0.15) is 70.6 Å². The molecule has 0 aromatic heterocycles. The molecule has 43 heavy (non-hydrogen) atoms. The minimum Gasteiger partial charge on any atom is -0.495 e. The third-order valence-electron chi connectivity index (χ3n) is 8.06. The van der Waals surface area contributed by atoms with Gasteiger partial charge in [0.15, 0.2) is 0 Å². The minimum atomic E-state index is -1.71. The average Bonchev–Trinajstić information content (AvgIpc) is 3.22. The number of nitriles is 1. The maximum absolute atomic E-state index is 15.9. The van der Waals surface area contributed by atoms with Crippen LogP contribution >= 0.6 is 23.2 Å². The van der Waals surface area contributed by atoms with Gasteiger partial charge in [0.05, 0.1) is 29.9 Å². The summed E-state index contributed by atoms with van der Waals surface area (Å²) in [6.45, 7) is 12.2. The molecule has 0 bridgehead atoms. The molecule has 1 fully saturated rings. The lowest BCUT2D eigenvalue weighted by atomic mass is 9.62. The van der Waals surface area contributed by atoms with Gasteiger partial charge in [-0.3, -0.25) is 4.79 Å². The van der Waals surface area contributed by atoms with E-state index in [1.54, 1.807) is 12.1 Å². The molecule has 2 N–H and O–H groups in total. The molecular weight excluding hydrogens is 591 g/mol. The van der Waals surface area contributed by atoms with Crippen molar-refractivity contribution in [2.45, 2.75) is 76.8 Å². The van der Waals surface area contributed by atoms with Crippen LogP contribution in [0.5, 0.6) is 5.75 Å². The third kappa shape index (κ3) is 6.38. The lowest BCUT2D eigenvalue weighted by Gasteiger charge is -2.37. The number of nitrogens with one attached hydrogen (secondary N) is 2. The van der Waals surface area contributed by atoms with Crippen molar-refractivity contribution in [1.29, 1.82) is 5.26 Å². The van der Waals surface area contributed by atoms with E-state index >= 15 is 8.78 Å². The molecular formula is C34H37Cl2F2N3O2. The number of anilines is 1. The van der Waals surface area contributed by atoms with E-state index in [-0.39, 0.29) is 32.0 Å². The first-order valence-electron chi connectivity index (χ1n) is 14.1. The third-order valence-corrected chi connectivity index (χ3v) is 8.58. The number of rotatable bonds is 6. The highest BCUT2D eigenvalue weighted by Crippen LogP contribution is 2.53.